The number of hydrogen-bond acceptors (Lipinski definition) is 6. The molecular formula is C77H126O6. The highest BCUT2D eigenvalue weighted by Gasteiger charge is 2.19. The highest BCUT2D eigenvalue weighted by atomic mass is 16.6. The molecule has 0 rings (SSSR count). The molecule has 0 bridgehead atoms. The average Bonchev–Trinajstić information content (AvgIpc) is 3.49. The Morgan fingerprint density at radius 2 is 0.494 bits per heavy atom. The molecule has 0 saturated heterocycles. The average molecular weight is 1150 g/mol. The zero-order valence-corrected chi connectivity index (χ0v) is 53.9. The van der Waals surface area contributed by atoms with Gasteiger partial charge in [-0.15, -0.1) is 0 Å². The van der Waals surface area contributed by atoms with E-state index in [2.05, 4.69) is 161 Å². The fourth-order valence-corrected chi connectivity index (χ4v) is 9.26. The Morgan fingerprint density at radius 3 is 0.819 bits per heavy atom. The van der Waals surface area contributed by atoms with Crippen molar-refractivity contribution in [2.24, 2.45) is 0 Å². The topological polar surface area (TPSA) is 78.9 Å². The number of rotatable bonds is 61. The standard InChI is InChI=1S/C77H126O6/c1-4-7-10-13-16-19-22-25-27-29-31-33-34-35-36-37-38-39-40-41-42-44-45-47-49-52-55-58-61-64-67-70-76(79)82-73-74(72-81-75(78)69-66-63-60-57-54-51-24-21-18-15-12-9-6-3)83-77(80)71-68-65-62-59-56-53-50-48-46-43-32-30-28-26-23-20-17-14-11-8-5-2/h7,9-10,12,16,18-19,21,25,27,30-33,35-36,38-39,41-42,51,54,60,63,74H,4-6,8,11,13-15,17,20,22-24,26,28-29,34,37,40,43-50,52-53,55-59,61-62,64-73H2,1-3H3/b10-7-,12-9-,19-16-,21-18-,27-25-,32-30-,33-31-,36-35-,39-38-,42-41-,54-51-,63-60-. The van der Waals surface area contributed by atoms with E-state index < -0.39 is 6.10 Å². The minimum absolute atomic E-state index is 0.108. The quantitative estimate of drug-likeness (QED) is 0.0261. The second kappa shape index (κ2) is 69.8. The van der Waals surface area contributed by atoms with Gasteiger partial charge in [-0.05, 0) is 128 Å². The first-order valence-corrected chi connectivity index (χ1v) is 34.3. The second-order valence-electron chi connectivity index (χ2n) is 22.3. The predicted molar refractivity (Wildman–Crippen MR) is 362 cm³/mol. The van der Waals surface area contributed by atoms with Crippen LogP contribution in [0.25, 0.3) is 0 Å². The van der Waals surface area contributed by atoms with E-state index in [1.807, 2.05) is 6.08 Å². The molecule has 0 aliphatic carbocycles. The summed E-state index contributed by atoms with van der Waals surface area (Å²) in [6, 6.07) is 0. The molecule has 1 atom stereocenters. The minimum Gasteiger partial charge on any atom is -0.462 e. The Labute approximate surface area is 512 Å². The molecule has 0 aromatic carbocycles. The number of esters is 3. The smallest absolute Gasteiger partial charge is 0.306 e. The molecule has 0 saturated carbocycles. The first-order valence-electron chi connectivity index (χ1n) is 34.3. The van der Waals surface area contributed by atoms with Gasteiger partial charge in [-0.25, -0.2) is 0 Å². The van der Waals surface area contributed by atoms with Crippen molar-refractivity contribution in [2.45, 2.75) is 309 Å². The predicted octanol–water partition coefficient (Wildman–Crippen LogP) is 23.9. The third kappa shape index (κ3) is 68.0. The van der Waals surface area contributed by atoms with Gasteiger partial charge in [0.1, 0.15) is 13.2 Å². The van der Waals surface area contributed by atoms with Crippen LogP contribution in [0.5, 0.6) is 0 Å². The summed E-state index contributed by atoms with van der Waals surface area (Å²) in [4.78, 5) is 38.3. The van der Waals surface area contributed by atoms with Crippen LogP contribution in [0.1, 0.15) is 303 Å². The largest absolute Gasteiger partial charge is 0.462 e. The van der Waals surface area contributed by atoms with E-state index in [4.69, 9.17) is 14.2 Å². The van der Waals surface area contributed by atoms with Crippen LogP contribution in [0.4, 0.5) is 0 Å². The lowest BCUT2D eigenvalue weighted by atomic mass is 10.1. The van der Waals surface area contributed by atoms with Crippen molar-refractivity contribution in [3.8, 4) is 0 Å². The van der Waals surface area contributed by atoms with Crippen LogP contribution in [-0.2, 0) is 28.6 Å². The van der Waals surface area contributed by atoms with E-state index in [9.17, 15) is 14.4 Å². The van der Waals surface area contributed by atoms with Crippen LogP contribution < -0.4 is 0 Å². The highest BCUT2D eigenvalue weighted by Crippen LogP contribution is 2.16. The summed E-state index contributed by atoms with van der Waals surface area (Å²) in [5, 5.41) is 0. The minimum atomic E-state index is -0.817. The summed E-state index contributed by atoms with van der Waals surface area (Å²) in [6.45, 7) is 6.35. The van der Waals surface area contributed by atoms with Crippen molar-refractivity contribution >= 4 is 17.9 Å². The van der Waals surface area contributed by atoms with Gasteiger partial charge in [0.2, 0.25) is 0 Å². The van der Waals surface area contributed by atoms with Crippen LogP contribution in [-0.4, -0.2) is 37.2 Å². The summed E-state index contributed by atoms with van der Waals surface area (Å²) in [7, 11) is 0. The SMILES string of the molecule is CC/C=C\C/C=C\C/C=C\C/C=C\C/C=C\C/C=C\C/C=C\CCCCCCCCCCCC(=O)OCC(COC(=O)CC/C=C\C/C=C\C/C=C\C/C=C\CC)OC(=O)CCCCCCCCCCC/C=C\CCCCCCCCCC. The third-order valence-corrected chi connectivity index (χ3v) is 14.3. The van der Waals surface area contributed by atoms with E-state index in [1.165, 1.54) is 141 Å². The lowest BCUT2D eigenvalue weighted by Crippen LogP contribution is -2.30. The number of carbonyl (C=O) groups excluding carboxylic acids is 3. The van der Waals surface area contributed by atoms with Gasteiger partial charge in [-0.3, -0.25) is 14.4 Å². The van der Waals surface area contributed by atoms with Crippen molar-refractivity contribution in [3.05, 3.63) is 146 Å². The molecule has 1 unspecified atom stereocenters. The van der Waals surface area contributed by atoms with Crippen LogP contribution in [0.15, 0.2) is 146 Å². The van der Waals surface area contributed by atoms with Crippen LogP contribution >= 0.6 is 0 Å². The molecule has 470 valence electrons. The lowest BCUT2D eigenvalue weighted by molar-refractivity contribution is -0.166. The molecule has 0 amide bonds. The van der Waals surface area contributed by atoms with Crippen LogP contribution in [0.3, 0.4) is 0 Å². The zero-order valence-electron chi connectivity index (χ0n) is 53.9. The molecule has 0 heterocycles. The Kier molecular flexibility index (Phi) is 65.8. The molecule has 6 heteroatoms. The molecule has 0 aliphatic rings. The highest BCUT2D eigenvalue weighted by molar-refractivity contribution is 5.71. The van der Waals surface area contributed by atoms with E-state index in [0.717, 1.165) is 116 Å². The van der Waals surface area contributed by atoms with Gasteiger partial charge in [-0.1, -0.05) is 301 Å². The van der Waals surface area contributed by atoms with Gasteiger partial charge in [0.15, 0.2) is 6.10 Å². The summed E-state index contributed by atoms with van der Waals surface area (Å²) in [6.07, 6.45) is 100. The fraction of sp³-hybridized carbons (Fsp3) is 0.649. The third-order valence-electron chi connectivity index (χ3n) is 14.3. The molecule has 0 radical (unpaired) electrons. The molecule has 0 N–H and O–H groups in total. The van der Waals surface area contributed by atoms with Crippen molar-refractivity contribution in [1.82, 2.24) is 0 Å². The first-order chi connectivity index (χ1) is 41.0. The van der Waals surface area contributed by atoms with E-state index in [0.29, 0.717) is 19.3 Å². The number of ether oxygens (including phenoxy) is 3. The van der Waals surface area contributed by atoms with Crippen molar-refractivity contribution in [2.75, 3.05) is 13.2 Å². The van der Waals surface area contributed by atoms with E-state index in [-0.39, 0.29) is 37.5 Å². The summed E-state index contributed by atoms with van der Waals surface area (Å²) in [5.74, 6) is -0.996. The number of allylic oxidation sites excluding steroid dienone is 24. The van der Waals surface area contributed by atoms with Gasteiger partial charge in [0, 0.05) is 19.3 Å². The first kappa shape index (κ1) is 78.3. The monoisotopic (exact) mass is 1150 g/mol. The Balaban J connectivity index is 4.34. The Hall–Kier alpha value is -4.71. The molecule has 83 heavy (non-hydrogen) atoms. The van der Waals surface area contributed by atoms with E-state index >= 15 is 0 Å². The number of hydrogen-bond donors (Lipinski definition) is 0. The van der Waals surface area contributed by atoms with Gasteiger partial charge in [0.25, 0.3) is 0 Å². The molecule has 0 aromatic rings. The molecule has 6 nitrogen and oxygen atoms in total. The van der Waals surface area contributed by atoms with Gasteiger partial charge in [-0.2, -0.15) is 0 Å². The van der Waals surface area contributed by atoms with Crippen molar-refractivity contribution < 1.29 is 28.6 Å². The molecule has 0 aromatic heterocycles. The molecular weight excluding hydrogens is 1020 g/mol. The maximum atomic E-state index is 12.9. The van der Waals surface area contributed by atoms with Gasteiger partial charge < -0.3 is 14.2 Å². The van der Waals surface area contributed by atoms with Crippen molar-refractivity contribution in [3.63, 3.8) is 0 Å². The van der Waals surface area contributed by atoms with Gasteiger partial charge in [0.05, 0.1) is 0 Å². The summed E-state index contributed by atoms with van der Waals surface area (Å²) in [5.41, 5.74) is 0. The molecule has 0 aliphatic heterocycles. The fourth-order valence-electron chi connectivity index (χ4n) is 9.26. The summed E-state index contributed by atoms with van der Waals surface area (Å²) >= 11 is 0. The van der Waals surface area contributed by atoms with E-state index in [1.54, 1.807) is 0 Å². The Morgan fingerprint density at radius 1 is 0.253 bits per heavy atom. The van der Waals surface area contributed by atoms with Gasteiger partial charge >= 0.3 is 17.9 Å². The summed E-state index contributed by atoms with van der Waals surface area (Å²) < 4.78 is 16.9. The van der Waals surface area contributed by atoms with Crippen LogP contribution in [0.2, 0.25) is 0 Å². The Bertz CT molecular complexity index is 1800. The second-order valence-corrected chi connectivity index (χ2v) is 22.3. The lowest BCUT2D eigenvalue weighted by Gasteiger charge is -2.18. The van der Waals surface area contributed by atoms with Crippen LogP contribution in [0, 0.1) is 0 Å². The molecule has 0 spiro atoms. The zero-order chi connectivity index (χ0) is 59.9. The maximum absolute atomic E-state index is 12.9. The number of unbranched alkanes of at least 4 members (excludes halogenated alkanes) is 26. The maximum Gasteiger partial charge on any atom is 0.306 e. The molecule has 0 fully saturated rings. The van der Waals surface area contributed by atoms with Crippen molar-refractivity contribution in [1.29, 1.82) is 0 Å². The normalized spacial score (nSPS) is 13.0. The number of carbonyl (C=O) groups is 3.